The normalized spacial score (nSPS) is 18.8. The van der Waals surface area contributed by atoms with Gasteiger partial charge in [-0.1, -0.05) is 6.07 Å². The Morgan fingerprint density at radius 1 is 1.33 bits per heavy atom. The lowest BCUT2D eigenvalue weighted by Gasteiger charge is -2.33. The third-order valence-electron chi connectivity index (χ3n) is 4.39. The van der Waals surface area contributed by atoms with Crippen molar-refractivity contribution in [1.82, 2.24) is 19.9 Å². The van der Waals surface area contributed by atoms with Crippen molar-refractivity contribution in [3.05, 3.63) is 47.8 Å². The van der Waals surface area contributed by atoms with Crippen molar-refractivity contribution in [3.8, 4) is 0 Å². The molecule has 0 amide bonds. The molecule has 0 aliphatic carbocycles. The molecule has 0 saturated carbocycles. The Kier molecular flexibility index (Phi) is 4.31. The first-order valence-electron chi connectivity index (χ1n) is 7.54. The van der Waals surface area contributed by atoms with Gasteiger partial charge >= 0.3 is 0 Å². The van der Waals surface area contributed by atoms with Gasteiger partial charge in [0, 0.05) is 30.8 Å². The summed E-state index contributed by atoms with van der Waals surface area (Å²) in [6.07, 6.45) is 6.83. The molecule has 1 aliphatic rings. The fourth-order valence-electron chi connectivity index (χ4n) is 3.01. The zero-order valence-corrected chi connectivity index (χ0v) is 12.4. The molecule has 1 fully saturated rings. The van der Waals surface area contributed by atoms with Gasteiger partial charge in [-0.05, 0) is 50.4 Å². The summed E-state index contributed by atoms with van der Waals surface area (Å²) in [4.78, 5) is 14.0. The zero-order valence-electron chi connectivity index (χ0n) is 12.4. The monoisotopic (exact) mass is 286 g/mol. The molecule has 0 bridgehead atoms. The van der Waals surface area contributed by atoms with E-state index in [1.165, 1.54) is 5.56 Å². The maximum absolute atomic E-state index is 10.3. The maximum atomic E-state index is 10.3. The largest absolute Gasteiger partial charge is 0.385 e. The first kappa shape index (κ1) is 14.2. The van der Waals surface area contributed by atoms with Crippen molar-refractivity contribution in [2.24, 2.45) is 5.92 Å². The van der Waals surface area contributed by atoms with Crippen molar-refractivity contribution in [2.45, 2.75) is 32.4 Å². The number of nitrogens with zero attached hydrogens (tertiary/aromatic N) is 3. The first-order valence-corrected chi connectivity index (χ1v) is 7.54. The number of aliphatic hydroxyl groups excluding tert-OH is 1. The third-order valence-corrected chi connectivity index (χ3v) is 4.39. The highest BCUT2D eigenvalue weighted by Crippen LogP contribution is 2.29. The molecule has 0 aromatic carbocycles. The van der Waals surface area contributed by atoms with E-state index in [1.807, 2.05) is 12.3 Å². The minimum atomic E-state index is -0.470. The maximum Gasteiger partial charge on any atom is 0.135 e. The number of aryl methyl sites for hydroxylation is 1. The summed E-state index contributed by atoms with van der Waals surface area (Å²) in [6.45, 7) is 5.03. The number of pyridine rings is 1. The van der Waals surface area contributed by atoms with E-state index in [0.29, 0.717) is 11.7 Å². The minimum Gasteiger partial charge on any atom is -0.385 e. The fraction of sp³-hybridized carbons (Fsp3) is 0.500. The van der Waals surface area contributed by atoms with Crippen molar-refractivity contribution in [3.63, 3.8) is 0 Å². The van der Waals surface area contributed by atoms with Crippen LogP contribution in [-0.2, 0) is 6.54 Å². The topological polar surface area (TPSA) is 65.0 Å². The predicted molar refractivity (Wildman–Crippen MR) is 80.5 cm³/mol. The number of imidazole rings is 1. The van der Waals surface area contributed by atoms with Crippen molar-refractivity contribution < 1.29 is 5.11 Å². The molecule has 112 valence electrons. The Balaban J connectivity index is 1.55. The lowest BCUT2D eigenvalue weighted by molar-refractivity contribution is 0.0514. The molecule has 21 heavy (non-hydrogen) atoms. The lowest BCUT2D eigenvalue weighted by Crippen LogP contribution is -2.35. The number of aromatic nitrogens is 3. The summed E-state index contributed by atoms with van der Waals surface area (Å²) in [5, 5.41) is 10.3. The number of piperidine rings is 1. The van der Waals surface area contributed by atoms with Crippen LogP contribution in [0.2, 0.25) is 0 Å². The lowest BCUT2D eigenvalue weighted by atomic mass is 9.90. The fourth-order valence-corrected chi connectivity index (χ4v) is 3.01. The number of aromatic amines is 1. The van der Waals surface area contributed by atoms with Gasteiger partial charge in [0.1, 0.15) is 11.9 Å². The Bertz CT molecular complexity index is 561. The summed E-state index contributed by atoms with van der Waals surface area (Å²) >= 11 is 0. The molecule has 0 spiro atoms. The number of hydrogen-bond donors (Lipinski definition) is 2. The van der Waals surface area contributed by atoms with Crippen LogP contribution in [0, 0.1) is 12.8 Å². The second kappa shape index (κ2) is 6.37. The van der Waals surface area contributed by atoms with Crippen LogP contribution in [0.1, 0.15) is 36.0 Å². The Labute approximate surface area is 125 Å². The zero-order chi connectivity index (χ0) is 14.7. The number of nitrogens with one attached hydrogen (secondary N) is 1. The van der Waals surface area contributed by atoms with E-state index in [1.54, 1.807) is 12.4 Å². The van der Waals surface area contributed by atoms with Crippen molar-refractivity contribution in [1.29, 1.82) is 0 Å². The molecule has 1 unspecified atom stereocenters. The van der Waals surface area contributed by atoms with Gasteiger partial charge in [-0.25, -0.2) is 4.98 Å². The van der Waals surface area contributed by atoms with Crippen LogP contribution in [0.25, 0.3) is 0 Å². The highest BCUT2D eigenvalue weighted by atomic mass is 16.3. The molecular formula is C16H22N4O. The Hall–Kier alpha value is -1.72. The van der Waals surface area contributed by atoms with Gasteiger partial charge in [-0.3, -0.25) is 9.88 Å². The van der Waals surface area contributed by atoms with Crippen LogP contribution in [0.5, 0.6) is 0 Å². The molecule has 1 aliphatic heterocycles. The molecule has 5 nitrogen and oxygen atoms in total. The van der Waals surface area contributed by atoms with Crippen LogP contribution in [0.4, 0.5) is 0 Å². The SMILES string of the molecule is Cc1ncccc1CN1CCC(C(O)c2ncc[nH]2)CC1. The standard InChI is InChI=1S/C16H22N4O/c1-12-14(3-2-6-17-12)11-20-9-4-13(5-10-20)15(21)16-18-7-8-19-16/h2-3,6-8,13,15,21H,4-5,9-11H2,1H3,(H,18,19). The highest BCUT2D eigenvalue weighted by Gasteiger charge is 2.27. The Morgan fingerprint density at radius 2 is 2.14 bits per heavy atom. The van der Waals surface area contributed by atoms with Gasteiger partial charge in [0.25, 0.3) is 0 Å². The first-order chi connectivity index (χ1) is 10.2. The summed E-state index contributed by atoms with van der Waals surface area (Å²) in [5.74, 6) is 0.985. The predicted octanol–water partition coefficient (Wildman–Crippen LogP) is 2.06. The second-order valence-electron chi connectivity index (χ2n) is 5.78. The van der Waals surface area contributed by atoms with Crippen LogP contribution >= 0.6 is 0 Å². The van der Waals surface area contributed by atoms with E-state index in [4.69, 9.17) is 0 Å². The van der Waals surface area contributed by atoms with E-state index in [-0.39, 0.29) is 0 Å². The van der Waals surface area contributed by atoms with Gasteiger partial charge in [0.15, 0.2) is 0 Å². The number of likely N-dealkylation sites (tertiary alicyclic amines) is 1. The van der Waals surface area contributed by atoms with Crippen LogP contribution in [0.3, 0.4) is 0 Å². The number of rotatable bonds is 4. The quantitative estimate of drug-likeness (QED) is 0.903. The van der Waals surface area contributed by atoms with Crippen LogP contribution in [0.15, 0.2) is 30.7 Å². The van der Waals surface area contributed by atoms with Gasteiger partial charge < -0.3 is 10.1 Å². The van der Waals surface area contributed by atoms with E-state index in [2.05, 4.69) is 32.8 Å². The smallest absolute Gasteiger partial charge is 0.135 e. The molecular weight excluding hydrogens is 264 g/mol. The molecule has 2 aromatic rings. The Morgan fingerprint density at radius 3 is 2.81 bits per heavy atom. The molecule has 2 N–H and O–H groups in total. The van der Waals surface area contributed by atoms with Crippen molar-refractivity contribution >= 4 is 0 Å². The number of aliphatic hydroxyl groups is 1. The molecule has 3 rings (SSSR count). The van der Waals surface area contributed by atoms with E-state index >= 15 is 0 Å². The summed E-state index contributed by atoms with van der Waals surface area (Å²) in [5.41, 5.74) is 2.40. The third kappa shape index (κ3) is 3.31. The van der Waals surface area contributed by atoms with Gasteiger partial charge in [0.2, 0.25) is 0 Å². The molecule has 3 heterocycles. The second-order valence-corrected chi connectivity index (χ2v) is 5.78. The van der Waals surface area contributed by atoms with Crippen LogP contribution in [-0.4, -0.2) is 38.0 Å². The van der Waals surface area contributed by atoms with Crippen LogP contribution < -0.4 is 0 Å². The molecule has 0 radical (unpaired) electrons. The highest BCUT2D eigenvalue weighted by molar-refractivity contribution is 5.18. The van der Waals surface area contributed by atoms with Gasteiger partial charge in [0.05, 0.1) is 0 Å². The average molecular weight is 286 g/mol. The number of H-pyrrole nitrogens is 1. The van der Waals surface area contributed by atoms with E-state index < -0.39 is 6.10 Å². The summed E-state index contributed by atoms with van der Waals surface area (Å²) in [7, 11) is 0. The van der Waals surface area contributed by atoms with Crippen molar-refractivity contribution in [2.75, 3.05) is 13.1 Å². The summed E-state index contributed by atoms with van der Waals surface area (Å²) in [6, 6.07) is 4.14. The van der Waals surface area contributed by atoms with Gasteiger partial charge in [-0.2, -0.15) is 0 Å². The molecule has 5 heteroatoms. The number of hydrogen-bond acceptors (Lipinski definition) is 4. The molecule has 1 saturated heterocycles. The molecule has 1 atom stereocenters. The van der Waals surface area contributed by atoms with E-state index in [9.17, 15) is 5.11 Å². The average Bonchev–Trinajstić information content (AvgIpc) is 3.04. The molecule has 2 aromatic heterocycles. The summed E-state index contributed by atoms with van der Waals surface area (Å²) < 4.78 is 0. The van der Waals surface area contributed by atoms with E-state index in [0.717, 1.165) is 38.2 Å². The van der Waals surface area contributed by atoms with Gasteiger partial charge in [-0.15, -0.1) is 0 Å². The minimum absolute atomic E-state index is 0.294.